The molecule has 0 radical (unpaired) electrons. The lowest BCUT2D eigenvalue weighted by Crippen LogP contribution is -2.40. The molecule has 2 aliphatic heterocycles. The number of hydrogen-bond acceptors (Lipinski definition) is 3. The Labute approximate surface area is 239 Å². The maximum Gasteiger partial charge on any atom is 0.132 e. The average molecular weight is 529 g/mol. The zero-order valence-electron chi connectivity index (χ0n) is 22.9. The molecule has 1 unspecified atom stereocenters. The van der Waals surface area contributed by atoms with Crippen LogP contribution < -0.4 is 15.3 Å². The van der Waals surface area contributed by atoms with Crippen molar-refractivity contribution in [1.29, 1.82) is 0 Å². The predicted molar refractivity (Wildman–Crippen MR) is 165 cm³/mol. The van der Waals surface area contributed by atoms with E-state index in [0.717, 1.165) is 58.6 Å². The van der Waals surface area contributed by atoms with E-state index < -0.39 is 5.41 Å². The smallest absolute Gasteiger partial charge is 0.132 e. The first kappa shape index (κ1) is 23.0. The number of para-hydroxylation sites is 1. The summed E-state index contributed by atoms with van der Waals surface area (Å²) in [6, 6.07) is 37.2. The standard InChI is InChI=1S/C38H28N2O/c1-37-20-8-22-39-36(37)35-24(19-21-37)15-17-32(40-35)25-16-18-34-31(23-25)38(30-13-6-7-14-33(30)41-34)28-11-4-2-9-26(28)27-10-3-5-12-29(27)38/h2-7,9-19,22-23H,8,20-21H2,1H3. The van der Waals surface area contributed by atoms with Gasteiger partial charge in [-0.1, -0.05) is 85.8 Å². The van der Waals surface area contributed by atoms with E-state index in [4.69, 9.17) is 14.7 Å². The van der Waals surface area contributed by atoms with Crippen molar-refractivity contribution in [3.05, 3.63) is 136 Å². The minimum absolute atomic E-state index is 0.0576. The van der Waals surface area contributed by atoms with Crippen LogP contribution in [0.15, 0.2) is 108 Å². The van der Waals surface area contributed by atoms with Crippen LogP contribution in [0, 0.1) is 5.41 Å². The van der Waals surface area contributed by atoms with Crippen molar-refractivity contribution in [2.24, 2.45) is 10.4 Å². The van der Waals surface area contributed by atoms with Gasteiger partial charge in [0.25, 0.3) is 0 Å². The Morgan fingerprint density at radius 3 is 2.22 bits per heavy atom. The molecule has 0 bridgehead atoms. The summed E-state index contributed by atoms with van der Waals surface area (Å²) in [5.74, 6) is 1.80. The highest BCUT2D eigenvalue weighted by Gasteiger charge is 2.51. The van der Waals surface area contributed by atoms with Gasteiger partial charge in [0, 0.05) is 28.3 Å². The van der Waals surface area contributed by atoms with E-state index in [0.29, 0.717) is 0 Å². The van der Waals surface area contributed by atoms with Gasteiger partial charge < -0.3 is 4.74 Å². The minimum Gasteiger partial charge on any atom is -0.457 e. The highest BCUT2D eigenvalue weighted by molar-refractivity contribution is 5.89. The summed E-state index contributed by atoms with van der Waals surface area (Å²) < 4.78 is 6.61. The Kier molecular flexibility index (Phi) is 4.57. The van der Waals surface area contributed by atoms with Crippen molar-refractivity contribution < 1.29 is 4.74 Å². The SMILES string of the molecule is CC12CC=c3ccc(-c4ccc5c(c4)C4(c6ccccc6O5)c5ccccc5-c5ccccc54)nc3=C1N=CCC2. The number of pyridine rings is 1. The lowest BCUT2D eigenvalue weighted by atomic mass is 9.66. The molecule has 3 heteroatoms. The van der Waals surface area contributed by atoms with Gasteiger partial charge in [-0.25, -0.2) is 4.98 Å². The van der Waals surface area contributed by atoms with Gasteiger partial charge in [-0.2, -0.15) is 0 Å². The molecule has 0 N–H and O–H groups in total. The normalized spacial score (nSPS) is 20.1. The van der Waals surface area contributed by atoms with E-state index in [9.17, 15) is 0 Å². The van der Waals surface area contributed by atoms with Crippen LogP contribution in [0.4, 0.5) is 0 Å². The Balaban J connectivity index is 1.34. The van der Waals surface area contributed by atoms with E-state index >= 15 is 0 Å². The van der Waals surface area contributed by atoms with E-state index in [1.54, 1.807) is 0 Å². The highest BCUT2D eigenvalue weighted by Crippen LogP contribution is 2.62. The molecule has 0 saturated heterocycles. The number of nitrogens with zero attached hydrogens (tertiary/aromatic N) is 2. The zero-order valence-corrected chi connectivity index (χ0v) is 22.9. The summed E-state index contributed by atoms with van der Waals surface area (Å²) in [6.07, 6.45) is 7.57. The largest absolute Gasteiger partial charge is 0.457 e. The molecule has 3 nitrogen and oxygen atoms in total. The second-order valence-corrected chi connectivity index (χ2v) is 12.0. The Morgan fingerprint density at radius 1 is 0.707 bits per heavy atom. The molecule has 0 fully saturated rings. The fourth-order valence-electron chi connectivity index (χ4n) is 7.69. The lowest BCUT2D eigenvalue weighted by molar-refractivity contribution is 0.414. The average Bonchev–Trinajstić information content (AvgIpc) is 3.31. The summed E-state index contributed by atoms with van der Waals surface area (Å²) in [7, 11) is 0. The van der Waals surface area contributed by atoms with Crippen LogP contribution >= 0.6 is 0 Å². The number of benzene rings is 4. The summed E-state index contributed by atoms with van der Waals surface area (Å²) >= 11 is 0. The van der Waals surface area contributed by atoms with Crippen molar-refractivity contribution in [3.8, 4) is 33.9 Å². The Bertz CT molecular complexity index is 2040. The second kappa shape index (κ2) is 8.14. The topological polar surface area (TPSA) is 34.5 Å². The van der Waals surface area contributed by atoms with Crippen molar-refractivity contribution in [2.75, 3.05) is 0 Å². The van der Waals surface area contributed by atoms with Crippen LogP contribution in [-0.4, -0.2) is 11.2 Å². The maximum absolute atomic E-state index is 6.61. The highest BCUT2D eigenvalue weighted by atomic mass is 16.5. The maximum atomic E-state index is 6.61. The van der Waals surface area contributed by atoms with Gasteiger partial charge in [0.05, 0.1) is 22.2 Å². The first-order chi connectivity index (χ1) is 20.2. The Morgan fingerprint density at radius 2 is 1.41 bits per heavy atom. The van der Waals surface area contributed by atoms with Crippen molar-refractivity contribution >= 4 is 18.0 Å². The third-order valence-corrected chi connectivity index (χ3v) is 9.68. The molecule has 2 aliphatic carbocycles. The van der Waals surface area contributed by atoms with Crippen molar-refractivity contribution in [3.63, 3.8) is 0 Å². The number of aliphatic imine (C=N–C) groups is 1. The molecular weight excluding hydrogens is 500 g/mol. The van der Waals surface area contributed by atoms with Gasteiger partial charge in [0.2, 0.25) is 0 Å². The minimum atomic E-state index is -0.476. The van der Waals surface area contributed by atoms with E-state index in [2.05, 4.69) is 122 Å². The van der Waals surface area contributed by atoms with Crippen molar-refractivity contribution in [1.82, 2.24) is 4.98 Å². The molecule has 1 spiro atoms. The monoisotopic (exact) mass is 528 g/mol. The van der Waals surface area contributed by atoms with Crippen LogP contribution in [0.5, 0.6) is 11.5 Å². The molecule has 0 amide bonds. The van der Waals surface area contributed by atoms with E-state index in [-0.39, 0.29) is 5.41 Å². The summed E-state index contributed by atoms with van der Waals surface area (Å²) in [5.41, 5.74) is 10.3. The molecule has 4 aliphatic rings. The van der Waals surface area contributed by atoms with E-state index in [1.807, 2.05) is 0 Å². The fraction of sp³-hybridized carbons (Fsp3) is 0.158. The van der Waals surface area contributed by atoms with Gasteiger partial charge >= 0.3 is 0 Å². The molecule has 41 heavy (non-hydrogen) atoms. The molecule has 5 aromatic rings. The first-order valence-corrected chi connectivity index (χ1v) is 14.5. The van der Waals surface area contributed by atoms with Crippen LogP contribution in [0.3, 0.4) is 0 Å². The van der Waals surface area contributed by atoms with Crippen molar-refractivity contribution in [2.45, 2.75) is 31.6 Å². The van der Waals surface area contributed by atoms with Gasteiger partial charge in [-0.15, -0.1) is 0 Å². The van der Waals surface area contributed by atoms with Gasteiger partial charge in [-0.05, 0) is 77.1 Å². The fourth-order valence-corrected chi connectivity index (χ4v) is 7.69. The summed E-state index contributed by atoms with van der Waals surface area (Å²) in [5, 5.41) is 2.21. The molecule has 196 valence electrons. The lowest BCUT2D eigenvalue weighted by Gasteiger charge is -2.39. The predicted octanol–water partition coefficient (Wildman–Crippen LogP) is 7.38. The number of rotatable bonds is 1. The molecule has 4 aromatic carbocycles. The van der Waals surface area contributed by atoms with Crippen LogP contribution in [0.2, 0.25) is 0 Å². The first-order valence-electron chi connectivity index (χ1n) is 14.5. The quantitative estimate of drug-likeness (QED) is 0.223. The van der Waals surface area contributed by atoms with Crippen LogP contribution in [0.25, 0.3) is 34.2 Å². The number of aromatic nitrogens is 1. The summed E-state index contributed by atoms with van der Waals surface area (Å²) in [6.45, 7) is 2.33. The van der Waals surface area contributed by atoms with E-state index in [1.165, 1.54) is 33.0 Å². The zero-order chi connectivity index (χ0) is 27.2. The molecule has 1 atom stereocenters. The summed E-state index contributed by atoms with van der Waals surface area (Å²) in [4.78, 5) is 10.2. The van der Waals surface area contributed by atoms with Gasteiger partial charge in [-0.3, -0.25) is 4.99 Å². The molecule has 0 saturated carbocycles. The third-order valence-electron chi connectivity index (χ3n) is 9.68. The number of fused-ring (bicyclic) bond motifs is 11. The molecule has 3 heterocycles. The second-order valence-electron chi connectivity index (χ2n) is 12.0. The third kappa shape index (κ3) is 2.98. The van der Waals surface area contributed by atoms with Gasteiger partial charge in [0.15, 0.2) is 0 Å². The Hall–Kier alpha value is -4.76. The number of ether oxygens (including phenoxy) is 1. The molecule has 9 rings (SSSR count). The van der Waals surface area contributed by atoms with Crippen LogP contribution in [-0.2, 0) is 5.41 Å². The molecule has 1 aromatic heterocycles. The van der Waals surface area contributed by atoms with Crippen LogP contribution in [0.1, 0.15) is 48.4 Å². The number of hydrogen-bond donors (Lipinski definition) is 0. The molecular formula is C38H28N2O. The van der Waals surface area contributed by atoms with Gasteiger partial charge in [0.1, 0.15) is 11.5 Å².